The summed E-state index contributed by atoms with van der Waals surface area (Å²) in [7, 11) is 0. The number of carbonyl (C=O) groups excluding carboxylic acids is 1. The third-order valence-electron chi connectivity index (χ3n) is 4.00. The molecule has 2 N–H and O–H groups in total. The molecule has 4 nitrogen and oxygen atoms in total. The van der Waals surface area contributed by atoms with Crippen molar-refractivity contribution < 1.29 is 4.79 Å². The summed E-state index contributed by atoms with van der Waals surface area (Å²) >= 11 is 0. The van der Waals surface area contributed by atoms with Gasteiger partial charge in [0.1, 0.15) is 0 Å². The molecule has 3 aromatic rings. The van der Waals surface area contributed by atoms with Gasteiger partial charge in [0.05, 0.1) is 17.4 Å². The van der Waals surface area contributed by atoms with E-state index in [0.717, 1.165) is 27.8 Å². The predicted molar refractivity (Wildman–Crippen MR) is 89.0 cm³/mol. The second kappa shape index (κ2) is 6.02. The highest BCUT2D eigenvalue weighted by atomic mass is 16.1. The van der Waals surface area contributed by atoms with E-state index in [9.17, 15) is 4.79 Å². The fourth-order valence-corrected chi connectivity index (χ4v) is 2.50. The molecule has 2 aromatic carbocycles. The highest BCUT2D eigenvalue weighted by Gasteiger charge is 2.07. The normalized spacial score (nSPS) is 10.8. The summed E-state index contributed by atoms with van der Waals surface area (Å²) in [5.74, 6) is 0.0402. The first kappa shape index (κ1) is 14.3. The van der Waals surface area contributed by atoms with Gasteiger partial charge in [-0.3, -0.25) is 4.79 Å². The van der Waals surface area contributed by atoms with Crippen LogP contribution >= 0.6 is 0 Å². The third kappa shape index (κ3) is 3.01. The topological polar surface area (TPSA) is 57.8 Å². The van der Waals surface area contributed by atoms with E-state index in [1.807, 2.05) is 50.2 Å². The predicted octanol–water partition coefficient (Wildman–Crippen LogP) is 3.75. The van der Waals surface area contributed by atoms with Crippen molar-refractivity contribution in [1.29, 1.82) is 0 Å². The van der Waals surface area contributed by atoms with Gasteiger partial charge in [-0.05, 0) is 55.2 Å². The van der Waals surface area contributed by atoms with Crippen LogP contribution in [0, 0.1) is 13.8 Å². The Kier molecular flexibility index (Phi) is 3.92. The number of aromatic amines is 1. The summed E-state index contributed by atoms with van der Waals surface area (Å²) in [6, 6.07) is 12.0. The molecule has 0 unspecified atom stereocenters. The summed E-state index contributed by atoms with van der Waals surface area (Å²) < 4.78 is 0. The van der Waals surface area contributed by atoms with Crippen LogP contribution in [0.3, 0.4) is 0 Å². The van der Waals surface area contributed by atoms with E-state index < -0.39 is 0 Å². The van der Waals surface area contributed by atoms with Gasteiger partial charge in [0.15, 0.2) is 0 Å². The molecule has 0 fully saturated rings. The number of benzene rings is 2. The van der Waals surface area contributed by atoms with E-state index in [-0.39, 0.29) is 5.91 Å². The van der Waals surface area contributed by atoms with Crippen molar-refractivity contribution in [3.63, 3.8) is 0 Å². The number of aromatic nitrogens is 2. The number of anilines is 1. The molecule has 4 heteroatoms. The zero-order chi connectivity index (χ0) is 15.5. The monoisotopic (exact) mass is 293 g/mol. The van der Waals surface area contributed by atoms with Crippen molar-refractivity contribution in [3.05, 3.63) is 59.4 Å². The molecule has 1 aromatic heterocycles. The molecule has 0 aliphatic rings. The molecule has 0 spiro atoms. The summed E-state index contributed by atoms with van der Waals surface area (Å²) in [6.45, 7) is 4.07. The minimum atomic E-state index is 0.0402. The number of H-pyrrole nitrogens is 1. The van der Waals surface area contributed by atoms with Crippen molar-refractivity contribution >= 4 is 22.6 Å². The largest absolute Gasteiger partial charge is 0.345 e. The Morgan fingerprint density at radius 3 is 2.95 bits per heavy atom. The highest BCUT2D eigenvalue weighted by Crippen LogP contribution is 2.18. The minimum Gasteiger partial charge on any atom is -0.345 e. The summed E-state index contributed by atoms with van der Waals surface area (Å²) in [4.78, 5) is 19.4. The van der Waals surface area contributed by atoms with Gasteiger partial charge in [-0.15, -0.1) is 0 Å². The van der Waals surface area contributed by atoms with Crippen LogP contribution in [0.2, 0.25) is 0 Å². The number of fused-ring (bicyclic) bond motifs is 1. The smallest absolute Gasteiger partial charge is 0.224 e. The molecule has 22 heavy (non-hydrogen) atoms. The number of hydrogen-bond acceptors (Lipinski definition) is 2. The Bertz CT molecular complexity index is 820. The molecule has 0 saturated heterocycles. The number of imidazole rings is 1. The van der Waals surface area contributed by atoms with E-state index >= 15 is 0 Å². The lowest BCUT2D eigenvalue weighted by atomic mass is 10.1. The Morgan fingerprint density at radius 1 is 1.23 bits per heavy atom. The van der Waals surface area contributed by atoms with Crippen LogP contribution in [-0.2, 0) is 11.2 Å². The molecular weight excluding hydrogens is 274 g/mol. The Balaban J connectivity index is 1.63. The van der Waals surface area contributed by atoms with Gasteiger partial charge in [0.2, 0.25) is 5.91 Å². The maximum Gasteiger partial charge on any atom is 0.224 e. The first-order chi connectivity index (χ1) is 10.6. The number of amides is 1. The van der Waals surface area contributed by atoms with Crippen molar-refractivity contribution in [3.8, 4) is 0 Å². The number of nitrogens with zero attached hydrogens (tertiary/aromatic N) is 1. The SMILES string of the molecule is Cc1cccc(NC(=O)CCc2ccc3nc[nH]c3c2)c1C. The van der Waals surface area contributed by atoms with Gasteiger partial charge >= 0.3 is 0 Å². The van der Waals surface area contributed by atoms with Gasteiger partial charge in [-0.1, -0.05) is 18.2 Å². The first-order valence-corrected chi connectivity index (χ1v) is 7.41. The number of carbonyl (C=O) groups is 1. The molecule has 0 bridgehead atoms. The molecule has 3 rings (SSSR count). The molecule has 0 radical (unpaired) electrons. The van der Waals surface area contributed by atoms with E-state index in [1.54, 1.807) is 6.33 Å². The Hall–Kier alpha value is -2.62. The number of rotatable bonds is 4. The molecule has 0 aliphatic heterocycles. The molecule has 1 amide bonds. The van der Waals surface area contributed by atoms with Gasteiger partial charge < -0.3 is 10.3 Å². The molecule has 0 aliphatic carbocycles. The van der Waals surface area contributed by atoms with Crippen LogP contribution in [0.4, 0.5) is 5.69 Å². The Labute approximate surface area is 129 Å². The lowest BCUT2D eigenvalue weighted by Crippen LogP contribution is -2.13. The molecular formula is C18H19N3O. The Morgan fingerprint density at radius 2 is 2.09 bits per heavy atom. The van der Waals surface area contributed by atoms with Crippen LogP contribution in [0.25, 0.3) is 11.0 Å². The lowest BCUT2D eigenvalue weighted by Gasteiger charge is -2.10. The molecule has 1 heterocycles. The van der Waals surface area contributed by atoms with Gasteiger partial charge in [0, 0.05) is 12.1 Å². The van der Waals surface area contributed by atoms with Crippen LogP contribution in [0.15, 0.2) is 42.7 Å². The minimum absolute atomic E-state index is 0.0402. The average Bonchev–Trinajstić information content (AvgIpc) is 2.97. The van der Waals surface area contributed by atoms with Crippen LogP contribution in [0.5, 0.6) is 0 Å². The summed E-state index contributed by atoms with van der Waals surface area (Å²) in [5.41, 5.74) is 6.29. The van der Waals surface area contributed by atoms with Gasteiger partial charge in [-0.2, -0.15) is 0 Å². The quantitative estimate of drug-likeness (QED) is 0.769. The standard InChI is InChI=1S/C18H19N3O/c1-12-4-3-5-15(13(12)2)21-18(22)9-7-14-6-8-16-17(10-14)20-11-19-16/h3-6,8,10-11H,7,9H2,1-2H3,(H,19,20)(H,21,22). The first-order valence-electron chi connectivity index (χ1n) is 7.41. The molecule has 0 atom stereocenters. The van der Waals surface area contributed by atoms with E-state index in [2.05, 4.69) is 15.3 Å². The van der Waals surface area contributed by atoms with Crippen molar-refractivity contribution in [2.45, 2.75) is 26.7 Å². The number of nitrogens with one attached hydrogen (secondary N) is 2. The summed E-state index contributed by atoms with van der Waals surface area (Å²) in [5, 5.41) is 2.99. The zero-order valence-electron chi connectivity index (χ0n) is 12.8. The summed E-state index contributed by atoms with van der Waals surface area (Å²) in [6.07, 6.45) is 2.86. The maximum atomic E-state index is 12.1. The van der Waals surface area contributed by atoms with Crippen LogP contribution in [0.1, 0.15) is 23.1 Å². The highest BCUT2D eigenvalue weighted by molar-refractivity contribution is 5.91. The van der Waals surface area contributed by atoms with Crippen LogP contribution < -0.4 is 5.32 Å². The van der Waals surface area contributed by atoms with E-state index in [1.165, 1.54) is 5.56 Å². The van der Waals surface area contributed by atoms with Gasteiger partial charge in [-0.25, -0.2) is 4.98 Å². The number of aryl methyl sites for hydroxylation is 2. The fourth-order valence-electron chi connectivity index (χ4n) is 2.50. The zero-order valence-corrected chi connectivity index (χ0v) is 12.8. The fraction of sp³-hybridized carbons (Fsp3) is 0.222. The maximum absolute atomic E-state index is 12.1. The second-order valence-corrected chi connectivity index (χ2v) is 5.55. The van der Waals surface area contributed by atoms with Crippen LogP contribution in [-0.4, -0.2) is 15.9 Å². The average molecular weight is 293 g/mol. The number of hydrogen-bond donors (Lipinski definition) is 2. The third-order valence-corrected chi connectivity index (χ3v) is 4.00. The van der Waals surface area contributed by atoms with E-state index in [4.69, 9.17) is 0 Å². The van der Waals surface area contributed by atoms with Crippen molar-refractivity contribution in [2.24, 2.45) is 0 Å². The van der Waals surface area contributed by atoms with Crippen molar-refractivity contribution in [1.82, 2.24) is 9.97 Å². The molecule has 112 valence electrons. The van der Waals surface area contributed by atoms with Gasteiger partial charge in [0.25, 0.3) is 0 Å². The second-order valence-electron chi connectivity index (χ2n) is 5.55. The van der Waals surface area contributed by atoms with E-state index in [0.29, 0.717) is 12.8 Å². The molecule has 0 saturated carbocycles. The van der Waals surface area contributed by atoms with Crippen molar-refractivity contribution in [2.75, 3.05) is 5.32 Å². The lowest BCUT2D eigenvalue weighted by molar-refractivity contribution is -0.116.